The number of nitrogens with two attached hydrogens (primary N) is 1. The molecule has 0 fully saturated rings. The van der Waals surface area contributed by atoms with Gasteiger partial charge in [0.25, 0.3) is 5.91 Å². The zero-order valence-electron chi connectivity index (χ0n) is 12.6. The SMILES string of the molecule is CCc1cc(C(=O)NN(C(N)=S)C(C)c2ccccc2)cs1. The topological polar surface area (TPSA) is 58.4 Å². The highest BCUT2D eigenvalue weighted by Crippen LogP contribution is 2.19. The molecule has 2 aromatic rings. The van der Waals surface area contributed by atoms with Gasteiger partial charge in [0.05, 0.1) is 11.6 Å². The van der Waals surface area contributed by atoms with Gasteiger partial charge in [0.15, 0.2) is 5.11 Å². The van der Waals surface area contributed by atoms with Gasteiger partial charge < -0.3 is 5.73 Å². The Morgan fingerprint density at radius 2 is 2.09 bits per heavy atom. The predicted molar refractivity (Wildman–Crippen MR) is 94.6 cm³/mol. The number of hydrazine groups is 1. The average Bonchev–Trinajstić information content (AvgIpc) is 3.01. The minimum absolute atomic E-state index is 0.135. The smallest absolute Gasteiger partial charge is 0.270 e. The van der Waals surface area contributed by atoms with Crippen molar-refractivity contribution in [3.8, 4) is 0 Å². The summed E-state index contributed by atoms with van der Waals surface area (Å²) in [7, 11) is 0. The van der Waals surface area contributed by atoms with E-state index in [-0.39, 0.29) is 17.1 Å². The van der Waals surface area contributed by atoms with Crippen LogP contribution in [0.4, 0.5) is 0 Å². The molecule has 2 rings (SSSR count). The average molecular weight is 333 g/mol. The van der Waals surface area contributed by atoms with E-state index in [9.17, 15) is 4.79 Å². The van der Waals surface area contributed by atoms with Crippen LogP contribution >= 0.6 is 23.6 Å². The highest BCUT2D eigenvalue weighted by molar-refractivity contribution is 7.80. The first kappa shape index (κ1) is 16.5. The number of aryl methyl sites for hydroxylation is 1. The molecule has 0 spiro atoms. The van der Waals surface area contributed by atoms with Gasteiger partial charge in [-0.1, -0.05) is 37.3 Å². The van der Waals surface area contributed by atoms with Gasteiger partial charge in [-0.15, -0.1) is 11.3 Å². The van der Waals surface area contributed by atoms with Gasteiger partial charge in [-0.2, -0.15) is 0 Å². The van der Waals surface area contributed by atoms with E-state index in [2.05, 4.69) is 12.3 Å². The van der Waals surface area contributed by atoms with Crippen LogP contribution in [0.15, 0.2) is 41.8 Å². The van der Waals surface area contributed by atoms with Crippen LogP contribution in [0.5, 0.6) is 0 Å². The first-order valence-corrected chi connectivity index (χ1v) is 8.33. The third kappa shape index (κ3) is 3.84. The number of nitrogens with zero attached hydrogens (tertiary/aromatic N) is 1. The van der Waals surface area contributed by atoms with Crippen molar-refractivity contribution < 1.29 is 4.79 Å². The van der Waals surface area contributed by atoms with Crippen molar-refractivity contribution in [3.05, 3.63) is 57.8 Å². The van der Waals surface area contributed by atoms with Crippen molar-refractivity contribution in [2.75, 3.05) is 0 Å². The summed E-state index contributed by atoms with van der Waals surface area (Å²) in [5.74, 6) is -0.202. The summed E-state index contributed by atoms with van der Waals surface area (Å²) in [5, 5.41) is 3.51. The normalized spacial score (nSPS) is 11.7. The molecule has 0 aliphatic heterocycles. The molecule has 1 heterocycles. The first-order chi connectivity index (χ1) is 10.5. The Bertz CT molecular complexity index is 654. The van der Waals surface area contributed by atoms with Crippen molar-refractivity contribution in [1.29, 1.82) is 0 Å². The van der Waals surface area contributed by atoms with Crippen molar-refractivity contribution in [1.82, 2.24) is 10.4 Å². The van der Waals surface area contributed by atoms with Crippen LogP contribution in [0.3, 0.4) is 0 Å². The zero-order chi connectivity index (χ0) is 16.1. The Kier molecular flexibility index (Phi) is 5.51. The lowest BCUT2D eigenvalue weighted by molar-refractivity contribution is 0.0841. The van der Waals surface area contributed by atoms with E-state index in [1.165, 1.54) is 9.89 Å². The van der Waals surface area contributed by atoms with Gasteiger partial charge in [0, 0.05) is 10.3 Å². The lowest BCUT2D eigenvalue weighted by Crippen LogP contribution is -2.49. The summed E-state index contributed by atoms with van der Waals surface area (Å²) in [4.78, 5) is 13.5. The van der Waals surface area contributed by atoms with Crippen molar-refractivity contribution in [2.24, 2.45) is 5.73 Å². The van der Waals surface area contributed by atoms with E-state index in [1.54, 1.807) is 11.3 Å². The minimum Gasteiger partial charge on any atom is -0.375 e. The Balaban J connectivity index is 2.15. The molecule has 0 saturated carbocycles. The third-order valence-electron chi connectivity index (χ3n) is 3.39. The lowest BCUT2D eigenvalue weighted by Gasteiger charge is -2.29. The summed E-state index contributed by atoms with van der Waals surface area (Å²) in [6, 6.07) is 11.5. The number of carbonyl (C=O) groups excluding carboxylic acids is 1. The van der Waals surface area contributed by atoms with Gasteiger partial charge in [0.2, 0.25) is 0 Å². The molecule has 1 atom stereocenters. The Hall–Kier alpha value is -1.92. The van der Waals surface area contributed by atoms with Gasteiger partial charge in [-0.3, -0.25) is 15.2 Å². The molecule has 0 radical (unpaired) electrons. The summed E-state index contributed by atoms with van der Waals surface area (Å²) >= 11 is 6.66. The van der Waals surface area contributed by atoms with Crippen LogP contribution in [0.2, 0.25) is 0 Å². The molecule has 6 heteroatoms. The van der Waals surface area contributed by atoms with Crippen molar-refractivity contribution in [3.63, 3.8) is 0 Å². The molecule has 1 unspecified atom stereocenters. The number of thiophene rings is 1. The lowest BCUT2D eigenvalue weighted by atomic mass is 10.1. The minimum atomic E-state index is -0.202. The van der Waals surface area contributed by atoms with Crippen LogP contribution in [0.1, 0.15) is 40.7 Å². The fourth-order valence-corrected chi connectivity index (χ4v) is 3.10. The van der Waals surface area contributed by atoms with E-state index in [0.717, 1.165) is 12.0 Å². The molecule has 22 heavy (non-hydrogen) atoms. The predicted octanol–water partition coefficient (Wildman–Crippen LogP) is 3.26. The van der Waals surface area contributed by atoms with E-state index in [0.29, 0.717) is 5.56 Å². The molecule has 1 amide bonds. The quantitative estimate of drug-likeness (QED) is 0.666. The first-order valence-electron chi connectivity index (χ1n) is 7.05. The maximum atomic E-state index is 12.4. The molecule has 1 aromatic heterocycles. The van der Waals surface area contributed by atoms with E-state index in [4.69, 9.17) is 18.0 Å². The largest absolute Gasteiger partial charge is 0.375 e. The summed E-state index contributed by atoms with van der Waals surface area (Å²) in [5.41, 5.74) is 10.2. The standard InChI is InChI=1S/C16H19N3OS2/c1-3-14-9-13(10-22-14)15(20)18-19(16(17)21)11(2)12-7-5-4-6-8-12/h4-11H,3H2,1-2H3,(H2,17,21)(H,18,20). The highest BCUT2D eigenvalue weighted by Gasteiger charge is 2.20. The number of benzene rings is 1. The Morgan fingerprint density at radius 1 is 1.41 bits per heavy atom. The number of carbonyl (C=O) groups is 1. The second kappa shape index (κ2) is 7.38. The Labute approximate surface area is 139 Å². The number of nitrogens with one attached hydrogen (secondary N) is 1. The fraction of sp³-hybridized carbons (Fsp3) is 0.250. The maximum Gasteiger partial charge on any atom is 0.270 e. The van der Waals surface area contributed by atoms with Gasteiger partial charge in [0.1, 0.15) is 0 Å². The molecule has 4 nitrogen and oxygen atoms in total. The molecule has 116 valence electrons. The molecule has 0 saturated heterocycles. The number of hydrogen-bond acceptors (Lipinski definition) is 3. The maximum absolute atomic E-state index is 12.4. The summed E-state index contributed by atoms with van der Waals surface area (Å²) < 4.78 is 0. The van der Waals surface area contributed by atoms with Crippen LogP contribution < -0.4 is 11.2 Å². The molecule has 1 aromatic carbocycles. The molecule has 0 bridgehead atoms. The monoisotopic (exact) mass is 333 g/mol. The van der Waals surface area contributed by atoms with Gasteiger partial charge in [-0.05, 0) is 37.2 Å². The number of thiocarbonyl (C=S) groups is 1. The second-order valence-corrected chi connectivity index (χ2v) is 6.31. The van der Waals surface area contributed by atoms with E-state index >= 15 is 0 Å². The van der Waals surface area contributed by atoms with Crippen LogP contribution in [-0.2, 0) is 6.42 Å². The Morgan fingerprint density at radius 3 is 2.64 bits per heavy atom. The second-order valence-electron chi connectivity index (χ2n) is 4.89. The molecule has 3 N–H and O–H groups in total. The van der Waals surface area contributed by atoms with Crippen LogP contribution in [-0.4, -0.2) is 16.0 Å². The number of rotatable bonds is 4. The molecule has 0 aliphatic carbocycles. The van der Waals surface area contributed by atoms with E-state index in [1.807, 2.05) is 48.7 Å². The molecular weight excluding hydrogens is 314 g/mol. The van der Waals surface area contributed by atoms with Crippen LogP contribution in [0.25, 0.3) is 0 Å². The van der Waals surface area contributed by atoms with Gasteiger partial charge >= 0.3 is 0 Å². The molecular formula is C16H19N3OS2. The summed E-state index contributed by atoms with van der Waals surface area (Å²) in [6.07, 6.45) is 0.914. The van der Waals surface area contributed by atoms with Crippen molar-refractivity contribution in [2.45, 2.75) is 26.3 Å². The van der Waals surface area contributed by atoms with E-state index < -0.39 is 0 Å². The fourth-order valence-electron chi connectivity index (χ4n) is 2.08. The zero-order valence-corrected chi connectivity index (χ0v) is 14.2. The number of hydrogen-bond donors (Lipinski definition) is 2. The molecule has 0 aliphatic rings. The number of amides is 1. The van der Waals surface area contributed by atoms with Crippen molar-refractivity contribution >= 4 is 34.6 Å². The van der Waals surface area contributed by atoms with Crippen LogP contribution in [0, 0.1) is 0 Å². The third-order valence-corrected chi connectivity index (χ3v) is 4.67. The summed E-state index contributed by atoms with van der Waals surface area (Å²) in [6.45, 7) is 4.01. The highest BCUT2D eigenvalue weighted by atomic mass is 32.1. The van der Waals surface area contributed by atoms with Gasteiger partial charge in [-0.25, -0.2) is 0 Å².